The van der Waals surface area contributed by atoms with Gasteiger partial charge in [-0.3, -0.25) is 14.4 Å². The molecule has 0 rings (SSSR count). The second-order valence-electron chi connectivity index (χ2n) is 3.38. The second kappa shape index (κ2) is 9.39. The molecule has 0 unspecified atom stereocenters. The number of ketones is 2. The maximum Gasteiger partial charge on any atom is 0.305 e. The first-order valence-corrected chi connectivity index (χ1v) is 6.46. The third-order valence-corrected chi connectivity index (χ3v) is 2.79. The Kier molecular flexibility index (Phi) is 8.90. The molecule has 0 fully saturated rings. The van der Waals surface area contributed by atoms with Gasteiger partial charge in [-0.1, -0.05) is 0 Å². The van der Waals surface area contributed by atoms with E-state index in [1.54, 1.807) is 6.92 Å². The molecule has 0 saturated carbocycles. The molecule has 4 nitrogen and oxygen atoms in total. The molecule has 5 heteroatoms. The minimum absolute atomic E-state index is 0.0187. The highest BCUT2D eigenvalue weighted by molar-refractivity contribution is 7.99. The lowest BCUT2D eigenvalue weighted by Gasteiger charge is -2.01. The van der Waals surface area contributed by atoms with E-state index < -0.39 is 0 Å². The second-order valence-corrected chi connectivity index (χ2v) is 4.48. The molecule has 0 amide bonds. The van der Waals surface area contributed by atoms with Crippen molar-refractivity contribution < 1.29 is 19.1 Å². The van der Waals surface area contributed by atoms with Crippen LogP contribution in [0.1, 0.15) is 33.1 Å². The van der Waals surface area contributed by atoms with E-state index in [2.05, 4.69) is 0 Å². The number of hydrogen-bond donors (Lipinski definition) is 0. The monoisotopic (exact) mass is 246 g/mol. The van der Waals surface area contributed by atoms with E-state index in [0.29, 0.717) is 25.2 Å². The summed E-state index contributed by atoms with van der Waals surface area (Å²) in [5.74, 6) is 0.745. The van der Waals surface area contributed by atoms with Crippen LogP contribution in [0.15, 0.2) is 0 Å². The number of Topliss-reactive ketones (excluding diaryl/α,β-unsaturated/α-hetero) is 2. The summed E-state index contributed by atoms with van der Waals surface area (Å²) in [5, 5.41) is 0. The topological polar surface area (TPSA) is 60.4 Å². The fraction of sp³-hybridized carbons (Fsp3) is 0.727. The van der Waals surface area contributed by atoms with Crippen LogP contribution >= 0.6 is 11.8 Å². The van der Waals surface area contributed by atoms with Gasteiger partial charge in [0.05, 0.1) is 18.8 Å². The van der Waals surface area contributed by atoms with Crippen molar-refractivity contribution in [1.29, 1.82) is 0 Å². The normalized spacial score (nSPS) is 9.88. The first-order valence-electron chi connectivity index (χ1n) is 5.30. The van der Waals surface area contributed by atoms with Crippen molar-refractivity contribution in [3.63, 3.8) is 0 Å². The maximum atomic E-state index is 11.1. The summed E-state index contributed by atoms with van der Waals surface area (Å²) in [6, 6.07) is 0. The largest absolute Gasteiger partial charge is 0.466 e. The van der Waals surface area contributed by atoms with Crippen LogP contribution in [0.3, 0.4) is 0 Å². The summed E-state index contributed by atoms with van der Waals surface area (Å²) < 4.78 is 4.76. The predicted octanol–water partition coefficient (Wildman–Crippen LogP) is 1.61. The number of hydrogen-bond acceptors (Lipinski definition) is 5. The molecule has 0 N–H and O–H groups in total. The van der Waals surface area contributed by atoms with Gasteiger partial charge >= 0.3 is 5.97 Å². The van der Waals surface area contributed by atoms with Crippen LogP contribution in [-0.4, -0.2) is 35.6 Å². The molecule has 0 bridgehead atoms. The van der Waals surface area contributed by atoms with Gasteiger partial charge in [0.15, 0.2) is 0 Å². The quantitative estimate of drug-likeness (QED) is 0.351. The minimum atomic E-state index is -0.196. The van der Waals surface area contributed by atoms with E-state index in [4.69, 9.17) is 4.74 Å². The SMILES string of the molecule is CCOC(=O)CCCSCC(=O)CC(C)=O. The van der Waals surface area contributed by atoms with Crippen LogP contribution in [0.2, 0.25) is 0 Å². The average molecular weight is 246 g/mol. The summed E-state index contributed by atoms with van der Waals surface area (Å²) in [5.41, 5.74) is 0. The molecule has 0 heterocycles. The average Bonchev–Trinajstić information content (AvgIpc) is 2.16. The number of thioether (sulfide) groups is 1. The Labute approximate surface area is 100 Å². The van der Waals surface area contributed by atoms with Gasteiger partial charge in [0.25, 0.3) is 0 Å². The van der Waals surface area contributed by atoms with Crippen LogP contribution in [0.25, 0.3) is 0 Å². The summed E-state index contributed by atoms with van der Waals surface area (Å²) in [7, 11) is 0. The fourth-order valence-electron chi connectivity index (χ4n) is 1.07. The van der Waals surface area contributed by atoms with Crippen LogP contribution in [0, 0.1) is 0 Å². The summed E-state index contributed by atoms with van der Waals surface area (Å²) in [4.78, 5) is 32.7. The zero-order chi connectivity index (χ0) is 12.4. The molecular weight excluding hydrogens is 228 g/mol. The summed E-state index contributed by atoms with van der Waals surface area (Å²) in [6.07, 6.45) is 1.11. The van der Waals surface area contributed by atoms with Gasteiger partial charge < -0.3 is 4.74 Å². The minimum Gasteiger partial charge on any atom is -0.466 e. The van der Waals surface area contributed by atoms with Crippen LogP contribution in [0.4, 0.5) is 0 Å². The van der Waals surface area contributed by atoms with Crippen molar-refractivity contribution in [3.05, 3.63) is 0 Å². The zero-order valence-electron chi connectivity index (χ0n) is 9.78. The third kappa shape index (κ3) is 9.71. The lowest BCUT2D eigenvalue weighted by Crippen LogP contribution is -2.08. The van der Waals surface area contributed by atoms with Gasteiger partial charge in [-0.05, 0) is 26.0 Å². The highest BCUT2D eigenvalue weighted by Crippen LogP contribution is 2.06. The van der Waals surface area contributed by atoms with Crippen molar-refractivity contribution in [2.24, 2.45) is 0 Å². The Hall–Kier alpha value is -0.840. The van der Waals surface area contributed by atoms with Gasteiger partial charge in [-0.15, -0.1) is 0 Å². The van der Waals surface area contributed by atoms with Gasteiger partial charge in [0.1, 0.15) is 11.6 Å². The molecule has 0 spiro atoms. The smallest absolute Gasteiger partial charge is 0.305 e. The first kappa shape index (κ1) is 15.2. The van der Waals surface area contributed by atoms with Crippen molar-refractivity contribution in [1.82, 2.24) is 0 Å². The summed E-state index contributed by atoms with van der Waals surface area (Å²) >= 11 is 1.45. The van der Waals surface area contributed by atoms with E-state index in [0.717, 1.165) is 5.75 Å². The Morgan fingerprint density at radius 2 is 1.94 bits per heavy atom. The van der Waals surface area contributed by atoms with Gasteiger partial charge in [-0.25, -0.2) is 0 Å². The molecule has 0 saturated heterocycles. The molecule has 0 radical (unpaired) electrons. The van der Waals surface area contributed by atoms with Crippen molar-refractivity contribution in [2.45, 2.75) is 33.1 Å². The third-order valence-electron chi connectivity index (χ3n) is 1.68. The molecular formula is C11H18O4S. The van der Waals surface area contributed by atoms with E-state index >= 15 is 0 Å². The fourth-order valence-corrected chi connectivity index (χ4v) is 1.89. The highest BCUT2D eigenvalue weighted by Gasteiger charge is 2.06. The van der Waals surface area contributed by atoms with E-state index in [-0.39, 0.29) is 24.0 Å². The van der Waals surface area contributed by atoms with Crippen molar-refractivity contribution >= 4 is 29.3 Å². The van der Waals surface area contributed by atoms with Crippen molar-refractivity contribution in [3.8, 4) is 0 Å². The van der Waals surface area contributed by atoms with E-state index in [1.807, 2.05) is 0 Å². The van der Waals surface area contributed by atoms with Crippen molar-refractivity contribution in [2.75, 3.05) is 18.1 Å². The van der Waals surface area contributed by atoms with Gasteiger partial charge in [0.2, 0.25) is 0 Å². The number of ether oxygens (including phenoxy) is 1. The molecule has 0 aromatic heterocycles. The predicted molar refractivity (Wildman–Crippen MR) is 63.5 cm³/mol. The zero-order valence-corrected chi connectivity index (χ0v) is 10.6. The standard InChI is InChI=1S/C11H18O4S/c1-3-15-11(14)5-4-6-16-8-10(13)7-9(2)12/h3-8H2,1-2H3. The molecule has 0 aliphatic heterocycles. The molecule has 0 atom stereocenters. The number of esters is 1. The lowest BCUT2D eigenvalue weighted by atomic mass is 10.2. The van der Waals surface area contributed by atoms with Crippen LogP contribution < -0.4 is 0 Å². The summed E-state index contributed by atoms with van der Waals surface area (Å²) in [6.45, 7) is 3.58. The van der Waals surface area contributed by atoms with Crippen LogP contribution in [-0.2, 0) is 19.1 Å². The molecule has 0 aromatic carbocycles. The maximum absolute atomic E-state index is 11.1. The molecule has 0 aliphatic rings. The highest BCUT2D eigenvalue weighted by atomic mass is 32.2. The lowest BCUT2D eigenvalue weighted by molar-refractivity contribution is -0.143. The van der Waals surface area contributed by atoms with E-state index in [1.165, 1.54) is 18.7 Å². The number of carbonyl (C=O) groups excluding carboxylic acids is 3. The molecule has 0 aliphatic carbocycles. The Balaban J connectivity index is 3.36. The molecule has 16 heavy (non-hydrogen) atoms. The first-order chi connectivity index (χ1) is 7.56. The molecule has 0 aromatic rings. The Morgan fingerprint density at radius 1 is 1.25 bits per heavy atom. The number of carbonyl (C=O) groups is 3. The van der Waals surface area contributed by atoms with E-state index in [9.17, 15) is 14.4 Å². The molecule has 92 valence electrons. The van der Waals surface area contributed by atoms with Gasteiger partial charge in [-0.2, -0.15) is 11.8 Å². The van der Waals surface area contributed by atoms with Crippen LogP contribution in [0.5, 0.6) is 0 Å². The van der Waals surface area contributed by atoms with Gasteiger partial charge in [0, 0.05) is 6.42 Å². The Bertz CT molecular complexity index is 250. The Morgan fingerprint density at radius 3 is 2.50 bits per heavy atom. The number of rotatable bonds is 9.